The lowest BCUT2D eigenvalue weighted by atomic mass is 10.1. The topological polar surface area (TPSA) is 32.8 Å². The first-order valence-electron chi connectivity index (χ1n) is 9.21. The Morgan fingerprint density at radius 1 is 1.04 bits per heavy atom. The molecule has 1 fully saturated rings. The van der Waals surface area contributed by atoms with E-state index >= 15 is 0 Å². The molecule has 4 nitrogen and oxygen atoms in total. The second-order valence-corrected chi connectivity index (χ2v) is 6.45. The van der Waals surface area contributed by atoms with E-state index in [1.165, 1.54) is 0 Å². The Morgan fingerprint density at radius 2 is 1.74 bits per heavy atom. The first kappa shape index (κ1) is 20.0. The maximum atomic E-state index is 12.2. The summed E-state index contributed by atoms with van der Waals surface area (Å²) in [7, 11) is 0. The van der Waals surface area contributed by atoms with Crippen molar-refractivity contribution >= 4 is 5.91 Å². The van der Waals surface area contributed by atoms with Crippen molar-refractivity contribution in [2.24, 2.45) is 0 Å². The second-order valence-electron chi connectivity index (χ2n) is 6.45. The quantitative estimate of drug-likeness (QED) is 0.483. The highest BCUT2D eigenvalue weighted by atomic mass is 16.5. The van der Waals surface area contributed by atoms with Crippen molar-refractivity contribution in [3.05, 3.63) is 0 Å². The molecule has 0 aromatic rings. The van der Waals surface area contributed by atoms with E-state index in [0.717, 1.165) is 71.4 Å². The fraction of sp³-hybridized carbons (Fsp3) is 0.842. The van der Waals surface area contributed by atoms with Gasteiger partial charge in [0, 0.05) is 45.6 Å². The van der Waals surface area contributed by atoms with E-state index in [-0.39, 0.29) is 0 Å². The van der Waals surface area contributed by atoms with E-state index in [1.807, 2.05) is 4.90 Å². The van der Waals surface area contributed by atoms with Crippen LogP contribution in [0.4, 0.5) is 0 Å². The molecule has 1 aliphatic heterocycles. The summed E-state index contributed by atoms with van der Waals surface area (Å²) in [6.07, 6.45) is 6.32. The van der Waals surface area contributed by atoms with Gasteiger partial charge in [0.25, 0.3) is 0 Å². The third-order valence-corrected chi connectivity index (χ3v) is 4.07. The van der Waals surface area contributed by atoms with Crippen LogP contribution < -0.4 is 0 Å². The molecule has 132 valence electrons. The highest BCUT2D eigenvalue weighted by Gasteiger charge is 2.19. The SMILES string of the molecule is CCC#CCN1CCN(C(=O)CCCCCCOC(C)C)CC1. The van der Waals surface area contributed by atoms with Gasteiger partial charge >= 0.3 is 0 Å². The van der Waals surface area contributed by atoms with Gasteiger partial charge in [-0.1, -0.05) is 25.7 Å². The summed E-state index contributed by atoms with van der Waals surface area (Å²) in [5, 5.41) is 0. The number of unbranched alkanes of at least 4 members (excludes halogenated alkanes) is 3. The minimum Gasteiger partial charge on any atom is -0.379 e. The lowest BCUT2D eigenvalue weighted by molar-refractivity contribution is -0.133. The average molecular weight is 322 g/mol. The zero-order valence-electron chi connectivity index (χ0n) is 15.3. The van der Waals surface area contributed by atoms with Crippen molar-refractivity contribution in [3.63, 3.8) is 0 Å². The number of piperazine rings is 1. The van der Waals surface area contributed by atoms with Crippen molar-refractivity contribution in [2.75, 3.05) is 39.3 Å². The Kier molecular flexibility index (Phi) is 10.8. The maximum Gasteiger partial charge on any atom is 0.222 e. The Morgan fingerprint density at radius 3 is 2.39 bits per heavy atom. The molecule has 0 aromatic heterocycles. The Labute approximate surface area is 142 Å². The molecule has 0 bridgehead atoms. The summed E-state index contributed by atoms with van der Waals surface area (Å²) >= 11 is 0. The van der Waals surface area contributed by atoms with Crippen LogP contribution in [0.15, 0.2) is 0 Å². The van der Waals surface area contributed by atoms with Gasteiger partial charge < -0.3 is 9.64 Å². The first-order chi connectivity index (χ1) is 11.1. The van der Waals surface area contributed by atoms with Crippen LogP contribution >= 0.6 is 0 Å². The summed E-state index contributed by atoms with van der Waals surface area (Å²) in [5.41, 5.74) is 0. The third kappa shape index (κ3) is 9.63. The third-order valence-electron chi connectivity index (χ3n) is 4.07. The van der Waals surface area contributed by atoms with E-state index in [2.05, 4.69) is 37.5 Å². The molecule has 23 heavy (non-hydrogen) atoms. The Bertz CT molecular complexity index is 377. The van der Waals surface area contributed by atoms with E-state index < -0.39 is 0 Å². The van der Waals surface area contributed by atoms with E-state index in [9.17, 15) is 4.79 Å². The molecule has 0 radical (unpaired) electrons. The molecule has 1 rings (SSSR count). The molecule has 0 aromatic carbocycles. The Balaban J connectivity index is 2.03. The van der Waals surface area contributed by atoms with Crippen LogP contribution in [-0.4, -0.2) is 61.1 Å². The van der Waals surface area contributed by atoms with Crippen molar-refractivity contribution in [1.29, 1.82) is 0 Å². The molecule has 4 heteroatoms. The molecule has 0 unspecified atom stereocenters. The van der Waals surface area contributed by atoms with Gasteiger partial charge in [0.2, 0.25) is 5.91 Å². The largest absolute Gasteiger partial charge is 0.379 e. The number of carbonyl (C=O) groups excluding carboxylic acids is 1. The summed E-state index contributed by atoms with van der Waals surface area (Å²) < 4.78 is 5.52. The molecular formula is C19H34N2O2. The van der Waals surface area contributed by atoms with Crippen molar-refractivity contribution in [2.45, 2.75) is 65.4 Å². The minimum atomic E-state index is 0.322. The summed E-state index contributed by atoms with van der Waals surface area (Å²) in [5.74, 6) is 6.60. The molecule has 0 atom stereocenters. The van der Waals surface area contributed by atoms with Gasteiger partial charge in [0.1, 0.15) is 0 Å². The fourth-order valence-corrected chi connectivity index (χ4v) is 2.66. The van der Waals surface area contributed by atoms with E-state index in [0.29, 0.717) is 18.4 Å². The van der Waals surface area contributed by atoms with Crippen LogP contribution in [0.2, 0.25) is 0 Å². The van der Waals surface area contributed by atoms with Gasteiger partial charge in [-0.25, -0.2) is 0 Å². The normalized spacial score (nSPS) is 15.6. The molecule has 1 saturated heterocycles. The monoisotopic (exact) mass is 322 g/mol. The van der Waals surface area contributed by atoms with Gasteiger partial charge in [-0.2, -0.15) is 0 Å². The number of carbonyl (C=O) groups is 1. The molecule has 1 aliphatic rings. The lowest BCUT2D eigenvalue weighted by Gasteiger charge is -2.33. The molecule has 1 heterocycles. The zero-order chi connectivity index (χ0) is 16.9. The number of hydrogen-bond donors (Lipinski definition) is 0. The van der Waals surface area contributed by atoms with Gasteiger partial charge in [0.15, 0.2) is 0 Å². The Hall–Kier alpha value is -1.05. The van der Waals surface area contributed by atoms with Crippen molar-refractivity contribution in [3.8, 4) is 11.8 Å². The number of hydrogen-bond acceptors (Lipinski definition) is 3. The highest BCUT2D eigenvalue weighted by molar-refractivity contribution is 5.76. The van der Waals surface area contributed by atoms with Crippen LogP contribution in [0.25, 0.3) is 0 Å². The minimum absolute atomic E-state index is 0.322. The smallest absolute Gasteiger partial charge is 0.222 e. The predicted molar refractivity (Wildman–Crippen MR) is 95.3 cm³/mol. The highest BCUT2D eigenvalue weighted by Crippen LogP contribution is 2.09. The molecule has 1 amide bonds. The number of nitrogens with zero attached hydrogens (tertiary/aromatic N) is 2. The predicted octanol–water partition coefficient (Wildman–Crippen LogP) is 2.92. The van der Waals surface area contributed by atoms with Crippen molar-refractivity contribution in [1.82, 2.24) is 9.80 Å². The second kappa shape index (κ2) is 12.4. The maximum absolute atomic E-state index is 12.2. The van der Waals surface area contributed by atoms with Crippen LogP contribution in [0.5, 0.6) is 0 Å². The summed E-state index contributed by atoms with van der Waals surface area (Å²) in [6.45, 7) is 11.5. The molecule has 0 aliphatic carbocycles. The van der Waals surface area contributed by atoms with E-state index in [4.69, 9.17) is 4.74 Å². The number of amides is 1. The number of ether oxygens (including phenoxy) is 1. The lowest BCUT2D eigenvalue weighted by Crippen LogP contribution is -2.48. The fourth-order valence-electron chi connectivity index (χ4n) is 2.66. The van der Waals surface area contributed by atoms with Crippen LogP contribution in [0, 0.1) is 11.8 Å². The number of rotatable bonds is 9. The van der Waals surface area contributed by atoms with Crippen LogP contribution in [-0.2, 0) is 9.53 Å². The zero-order valence-corrected chi connectivity index (χ0v) is 15.3. The first-order valence-corrected chi connectivity index (χ1v) is 9.21. The van der Waals surface area contributed by atoms with Gasteiger partial charge in [-0.15, -0.1) is 5.92 Å². The van der Waals surface area contributed by atoms with Gasteiger partial charge in [-0.05, 0) is 26.7 Å². The summed E-state index contributed by atoms with van der Waals surface area (Å²) in [4.78, 5) is 16.6. The molecule has 0 saturated carbocycles. The van der Waals surface area contributed by atoms with E-state index in [1.54, 1.807) is 0 Å². The van der Waals surface area contributed by atoms with Gasteiger partial charge in [-0.3, -0.25) is 9.69 Å². The van der Waals surface area contributed by atoms with Crippen LogP contribution in [0.3, 0.4) is 0 Å². The molecule has 0 spiro atoms. The molecular weight excluding hydrogens is 288 g/mol. The van der Waals surface area contributed by atoms with Crippen LogP contribution in [0.1, 0.15) is 59.3 Å². The molecule has 0 N–H and O–H groups in total. The van der Waals surface area contributed by atoms with Crippen molar-refractivity contribution < 1.29 is 9.53 Å². The summed E-state index contributed by atoms with van der Waals surface area (Å²) in [6, 6.07) is 0. The average Bonchev–Trinajstić information content (AvgIpc) is 2.54. The standard InChI is InChI=1S/C19H34N2O2/c1-4-5-9-12-20-13-15-21(16-14-20)19(22)11-8-6-7-10-17-23-18(2)3/h18H,4,6-8,10-17H2,1-3H3. The van der Waals surface area contributed by atoms with Gasteiger partial charge in [0.05, 0.1) is 12.6 Å².